The highest BCUT2D eigenvalue weighted by Crippen LogP contribution is 1.76. The Bertz CT molecular complexity index is 57.7. The van der Waals surface area contributed by atoms with Gasteiger partial charge >= 0.3 is 0 Å². The van der Waals surface area contributed by atoms with Crippen LogP contribution in [-0.2, 0) is 4.79 Å². The van der Waals surface area contributed by atoms with Crippen LogP contribution in [0.4, 0.5) is 4.39 Å². The van der Waals surface area contributed by atoms with Gasteiger partial charge in [0.2, 0.25) is 6.41 Å². The van der Waals surface area contributed by atoms with E-state index in [4.69, 9.17) is 0 Å². The van der Waals surface area contributed by atoms with Crippen molar-refractivity contribution in [3.8, 4) is 0 Å². The number of carbonyl (C=O) groups is 1. The van der Waals surface area contributed by atoms with Gasteiger partial charge < -0.3 is 5.32 Å². The molecule has 7 heavy (non-hydrogen) atoms. The molecule has 1 unspecified atom stereocenters. The molecule has 1 amide bonds. The van der Waals surface area contributed by atoms with Crippen LogP contribution in [-0.4, -0.2) is 19.1 Å². The highest BCUT2D eigenvalue weighted by molar-refractivity contribution is 5.46. The fraction of sp³-hybridized carbons (Fsp3) is 0.750. The molecular weight excluding hydrogens is 97.0 g/mol. The largest absolute Gasteiger partial charge is 0.354 e. The molecule has 1 N–H and O–H groups in total. The van der Waals surface area contributed by atoms with Gasteiger partial charge in [-0.05, 0) is 6.92 Å². The monoisotopic (exact) mass is 105 g/mol. The third kappa shape index (κ3) is 3.22. The van der Waals surface area contributed by atoms with Crippen LogP contribution in [0, 0.1) is 0 Å². The molecule has 0 saturated carbocycles. The van der Waals surface area contributed by atoms with Crippen molar-refractivity contribution >= 4 is 6.41 Å². The number of hydrogen-bond acceptors (Lipinski definition) is 1. The van der Waals surface area contributed by atoms with E-state index in [1.54, 1.807) is 6.92 Å². The summed E-state index contributed by atoms with van der Waals surface area (Å²) in [6.07, 6.45) is 0.490. The average molecular weight is 105 g/mol. The van der Waals surface area contributed by atoms with Gasteiger partial charge in [-0.25, -0.2) is 4.39 Å². The van der Waals surface area contributed by atoms with Gasteiger partial charge in [0.1, 0.15) is 6.67 Å². The van der Waals surface area contributed by atoms with Crippen LogP contribution in [0.1, 0.15) is 6.92 Å². The molecule has 0 aromatic rings. The van der Waals surface area contributed by atoms with Crippen molar-refractivity contribution in [3.05, 3.63) is 0 Å². The first-order chi connectivity index (χ1) is 3.31. The standard InChI is InChI=1S/C4H8FNO/c1-4(2-5)6-3-7/h3-4H,2H2,1H3,(H,6,7). The second kappa shape index (κ2) is 3.59. The zero-order valence-electron chi connectivity index (χ0n) is 4.15. The van der Waals surface area contributed by atoms with Crippen molar-refractivity contribution in [2.75, 3.05) is 6.67 Å². The van der Waals surface area contributed by atoms with Crippen LogP contribution in [0.15, 0.2) is 0 Å². The minimum Gasteiger partial charge on any atom is -0.354 e. The molecule has 0 spiro atoms. The van der Waals surface area contributed by atoms with Gasteiger partial charge in [-0.15, -0.1) is 0 Å². The number of alkyl halides is 1. The molecule has 0 aromatic carbocycles. The first kappa shape index (κ1) is 6.40. The molecule has 42 valence electrons. The molecular formula is C4H8FNO. The number of rotatable bonds is 3. The predicted octanol–water partition coefficient (Wildman–Crippen LogP) is 0.0904. The summed E-state index contributed by atoms with van der Waals surface area (Å²) < 4.78 is 11.4. The Kier molecular flexibility index (Phi) is 3.28. The third-order valence-corrected chi connectivity index (χ3v) is 0.584. The van der Waals surface area contributed by atoms with Crippen LogP contribution >= 0.6 is 0 Å². The maximum atomic E-state index is 11.4. The molecule has 0 aromatic heterocycles. The van der Waals surface area contributed by atoms with Crippen LogP contribution in [0.25, 0.3) is 0 Å². The molecule has 0 aliphatic rings. The van der Waals surface area contributed by atoms with E-state index >= 15 is 0 Å². The summed E-state index contributed by atoms with van der Waals surface area (Å²) in [5.41, 5.74) is 0. The summed E-state index contributed by atoms with van der Waals surface area (Å²) >= 11 is 0. The van der Waals surface area contributed by atoms with Crippen LogP contribution in [0.2, 0.25) is 0 Å². The number of hydrogen-bond donors (Lipinski definition) is 1. The van der Waals surface area contributed by atoms with E-state index in [2.05, 4.69) is 5.32 Å². The molecule has 0 heterocycles. The Morgan fingerprint density at radius 3 is 2.71 bits per heavy atom. The van der Waals surface area contributed by atoms with Crippen molar-refractivity contribution in [1.82, 2.24) is 5.32 Å². The Balaban J connectivity index is 2.98. The van der Waals surface area contributed by atoms with Gasteiger partial charge in [-0.3, -0.25) is 4.79 Å². The molecule has 0 fully saturated rings. The second-order valence-corrected chi connectivity index (χ2v) is 1.34. The maximum Gasteiger partial charge on any atom is 0.207 e. The maximum absolute atomic E-state index is 11.4. The van der Waals surface area contributed by atoms with E-state index in [9.17, 15) is 9.18 Å². The quantitative estimate of drug-likeness (QED) is 0.506. The van der Waals surface area contributed by atoms with E-state index in [-0.39, 0.29) is 6.04 Å². The van der Waals surface area contributed by atoms with E-state index in [0.717, 1.165) is 0 Å². The molecule has 3 heteroatoms. The first-order valence-corrected chi connectivity index (χ1v) is 2.07. The summed E-state index contributed by atoms with van der Waals surface area (Å²) in [5, 5.41) is 2.24. The summed E-state index contributed by atoms with van der Waals surface area (Å²) in [6.45, 7) is 1.09. The Morgan fingerprint density at radius 2 is 2.57 bits per heavy atom. The van der Waals surface area contributed by atoms with E-state index in [1.807, 2.05) is 0 Å². The highest BCUT2D eigenvalue weighted by Gasteiger charge is 1.93. The lowest BCUT2D eigenvalue weighted by molar-refractivity contribution is -0.110. The van der Waals surface area contributed by atoms with Gasteiger partial charge in [-0.2, -0.15) is 0 Å². The predicted molar refractivity (Wildman–Crippen MR) is 24.6 cm³/mol. The second-order valence-electron chi connectivity index (χ2n) is 1.34. The molecule has 0 rings (SSSR count). The average Bonchev–Trinajstić information content (AvgIpc) is 1.68. The Morgan fingerprint density at radius 1 is 2.00 bits per heavy atom. The number of carbonyl (C=O) groups excluding carboxylic acids is 1. The lowest BCUT2D eigenvalue weighted by Gasteiger charge is -2.00. The lowest BCUT2D eigenvalue weighted by Crippen LogP contribution is -2.25. The summed E-state index contributed by atoms with van der Waals surface area (Å²) in [7, 11) is 0. The highest BCUT2D eigenvalue weighted by atomic mass is 19.1. The summed E-state index contributed by atoms with van der Waals surface area (Å²) in [6, 6.07) is -0.336. The van der Waals surface area contributed by atoms with Gasteiger partial charge in [0.15, 0.2) is 0 Å². The van der Waals surface area contributed by atoms with E-state index in [1.165, 1.54) is 0 Å². The number of nitrogens with one attached hydrogen (secondary N) is 1. The van der Waals surface area contributed by atoms with Gasteiger partial charge in [0, 0.05) is 0 Å². The normalized spacial score (nSPS) is 12.9. The van der Waals surface area contributed by atoms with E-state index < -0.39 is 6.67 Å². The Hall–Kier alpha value is -0.600. The molecule has 2 nitrogen and oxygen atoms in total. The van der Waals surface area contributed by atoms with Crippen molar-refractivity contribution in [3.63, 3.8) is 0 Å². The summed E-state index contributed by atoms with van der Waals surface area (Å²) in [5.74, 6) is 0. The van der Waals surface area contributed by atoms with Crippen molar-refractivity contribution in [1.29, 1.82) is 0 Å². The fourth-order valence-corrected chi connectivity index (χ4v) is 0.161. The van der Waals surface area contributed by atoms with Crippen molar-refractivity contribution < 1.29 is 9.18 Å². The molecule has 1 atom stereocenters. The minimum atomic E-state index is -0.501. The van der Waals surface area contributed by atoms with Gasteiger partial charge in [-0.1, -0.05) is 0 Å². The van der Waals surface area contributed by atoms with Gasteiger partial charge in [0.05, 0.1) is 6.04 Å². The fourth-order valence-electron chi connectivity index (χ4n) is 0.161. The zero-order valence-corrected chi connectivity index (χ0v) is 4.15. The molecule has 0 bridgehead atoms. The van der Waals surface area contributed by atoms with Crippen LogP contribution < -0.4 is 5.32 Å². The summed E-state index contributed by atoms with van der Waals surface area (Å²) in [4.78, 5) is 9.50. The van der Waals surface area contributed by atoms with Gasteiger partial charge in [0.25, 0.3) is 0 Å². The van der Waals surface area contributed by atoms with Crippen LogP contribution in [0.5, 0.6) is 0 Å². The minimum absolute atomic E-state index is 0.336. The SMILES string of the molecule is CC(CF)NC=O. The molecule has 0 radical (unpaired) electrons. The van der Waals surface area contributed by atoms with Crippen LogP contribution in [0.3, 0.4) is 0 Å². The van der Waals surface area contributed by atoms with E-state index in [0.29, 0.717) is 6.41 Å². The molecule has 0 aliphatic heterocycles. The van der Waals surface area contributed by atoms with Crippen molar-refractivity contribution in [2.24, 2.45) is 0 Å². The third-order valence-electron chi connectivity index (χ3n) is 0.584. The first-order valence-electron chi connectivity index (χ1n) is 2.07. The Labute approximate surface area is 41.7 Å². The van der Waals surface area contributed by atoms with Crippen molar-refractivity contribution in [2.45, 2.75) is 13.0 Å². The topological polar surface area (TPSA) is 29.1 Å². The number of amides is 1. The smallest absolute Gasteiger partial charge is 0.207 e. The zero-order chi connectivity index (χ0) is 5.70. The number of halogens is 1. The molecule has 0 aliphatic carbocycles. The molecule has 0 saturated heterocycles. The lowest BCUT2D eigenvalue weighted by atomic mass is 10.4.